The van der Waals surface area contributed by atoms with Crippen LogP contribution in [0.1, 0.15) is 30.9 Å². The molecule has 0 aliphatic heterocycles. The number of benzene rings is 1. The van der Waals surface area contributed by atoms with Crippen molar-refractivity contribution in [2.75, 3.05) is 0 Å². The third-order valence-corrected chi connectivity index (χ3v) is 3.84. The monoisotopic (exact) mass is 305 g/mol. The van der Waals surface area contributed by atoms with E-state index in [4.69, 9.17) is 5.73 Å². The third kappa shape index (κ3) is 2.51. The van der Waals surface area contributed by atoms with Crippen molar-refractivity contribution in [1.82, 2.24) is 0 Å². The smallest absolute Gasteiger partial charge is 0.132 e. The van der Waals surface area contributed by atoms with Crippen LogP contribution >= 0.6 is 15.9 Å². The first kappa shape index (κ1) is 12.9. The van der Waals surface area contributed by atoms with Crippen molar-refractivity contribution in [2.24, 2.45) is 11.7 Å². The fourth-order valence-corrected chi connectivity index (χ4v) is 2.52. The van der Waals surface area contributed by atoms with Crippen LogP contribution in [-0.4, -0.2) is 11.2 Å². The average Bonchev–Trinajstić information content (AvgIpc) is 2.12. The van der Waals surface area contributed by atoms with E-state index >= 15 is 0 Å². The van der Waals surface area contributed by atoms with Gasteiger partial charge < -0.3 is 10.8 Å². The molecule has 3 N–H and O–H groups in total. The van der Waals surface area contributed by atoms with Crippen LogP contribution < -0.4 is 5.73 Å². The fourth-order valence-electron chi connectivity index (χ4n) is 2.12. The average molecular weight is 306 g/mol. The van der Waals surface area contributed by atoms with Gasteiger partial charge in [0.25, 0.3) is 0 Å². The predicted molar refractivity (Wildman–Crippen MR) is 64.3 cm³/mol. The lowest BCUT2D eigenvalue weighted by Gasteiger charge is -2.34. The number of rotatable bonds is 3. The number of nitrogens with two attached hydrogens (primary N) is 1. The Hall–Kier alpha value is -0.520. The molecule has 2 rings (SSSR count). The molecular formula is C12H14BrF2NO. The largest absolute Gasteiger partial charge is 0.391 e. The van der Waals surface area contributed by atoms with Crippen molar-refractivity contribution in [2.45, 2.75) is 31.4 Å². The second kappa shape index (κ2) is 5.00. The topological polar surface area (TPSA) is 46.2 Å². The second-order valence-corrected chi connectivity index (χ2v) is 5.41. The Bertz CT molecular complexity index is 400. The molecule has 0 radical (unpaired) electrons. The molecule has 1 aliphatic rings. The molecule has 0 heterocycles. The Labute approximate surface area is 107 Å². The zero-order valence-electron chi connectivity index (χ0n) is 9.17. The molecule has 2 atom stereocenters. The molecule has 0 aromatic heterocycles. The molecular weight excluding hydrogens is 292 g/mol. The van der Waals surface area contributed by atoms with Crippen LogP contribution in [0.25, 0.3) is 0 Å². The van der Waals surface area contributed by atoms with Crippen molar-refractivity contribution < 1.29 is 13.9 Å². The van der Waals surface area contributed by atoms with Crippen LogP contribution in [0, 0.1) is 17.6 Å². The van der Waals surface area contributed by atoms with E-state index in [0.717, 1.165) is 31.4 Å². The van der Waals surface area contributed by atoms with Crippen LogP contribution in [-0.2, 0) is 0 Å². The molecule has 17 heavy (non-hydrogen) atoms. The van der Waals surface area contributed by atoms with Crippen LogP contribution in [0.4, 0.5) is 8.78 Å². The lowest BCUT2D eigenvalue weighted by atomic mass is 9.77. The van der Waals surface area contributed by atoms with Gasteiger partial charge >= 0.3 is 0 Å². The minimum absolute atomic E-state index is 0.0625. The number of aliphatic hydroxyl groups is 1. The summed E-state index contributed by atoms with van der Waals surface area (Å²) in [5.41, 5.74) is 5.53. The van der Waals surface area contributed by atoms with Gasteiger partial charge in [-0.2, -0.15) is 0 Å². The first-order valence-electron chi connectivity index (χ1n) is 5.59. The summed E-state index contributed by atoms with van der Waals surface area (Å²) in [6.45, 7) is 0. The summed E-state index contributed by atoms with van der Waals surface area (Å²) in [4.78, 5) is 0. The Balaban J connectivity index is 2.26. The normalized spacial score (nSPS) is 19.8. The van der Waals surface area contributed by atoms with Crippen LogP contribution in [0.15, 0.2) is 16.6 Å². The molecule has 0 unspecified atom stereocenters. The van der Waals surface area contributed by atoms with E-state index in [2.05, 4.69) is 15.9 Å². The molecule has 1 aromatic carbocycles. The lowest BCUT2D eigenvalue weighted by molar-refractivity contribution is 0.0395. The third-order valence-electron chi connectivity index (χ3n) is 3.38. The fraction of sp³-hybridized carbons (Fsp3) is 0.500. The Morgan fingerprint density at radius 2 is 1.82 bits per heavy atom. The maximum Gasteiger partial charge on any atom is 0.132 e. The Kier molecular flexibility index (Phi) is 3.80. The van der Waals surface area contributed by atoms with E-state index in [-0.39, 0.29) is 11.5 Å². The van der Waals surface area contributed by atoms with Crippen molar-refractivity contribution >= 4 is 15.9 Å². The molecule has 2 nitrogen and oxygen atoms in total. The first-order chi connectivity index (χ1) is 8.00. The summed E-state index contributed by atoms with van der Waals surface area (Å²) in [6.07, 6.45) is 1.90. The summed E-state index contributed by atoms with van der Waals surface area (Å²) in [5, 5.41) is 9.94. The number of hydrogen-bond donors (Lipinski definition) is 2. The van der Waals surface area contributed by atoms with E-state index in [1.165, 1.54) is 0 Å². The van der Waals surface area contributed by atoms with Gasteiger partial charge in [-0.25, -0.2) is 8.78 Å². The van der Waals surface area contributed by atoms with E-state index in [1.807, 2.05) is 0 Å². The highest BCUT2D eigenvalue weighted by Gasteiger charge is 2.33. The second-order valence-electron chi connectivity index (χ2n) is 4.49. The minimum atomic E-state index is -1.01. The van der Waals surface area contributed by atoms with E-state index < -0.39 is 23.8 Å². The van der Waals surface area contributed by atoms with E-state index in [9.17, 15) is 13.9 Å². The SMILES string of the molecule is N[C@@H](c1c(F)cc(Br)cc1F)[C@H](O)C1CCC1. The van der Waals surface area contributed by atoms with Gasteiger partial charge in [0.15, 0.2) is 0 Å². The molecule has 5 heteroatoms. The molecule has 94 valence electrons. The molecule has 1 saturated carbocycles. The Morgan fingerprint density at radius 1 is 1.29 bits per heavy atom. The maximum absolute atomic E-state index is 13.6. The zero-order valence-corrected chi connectivity index (χ0v) is 10.8. The van der Waals surface area contributed by atoms with Crippen LogP contribution in [0.3, 0.4) is 0 Å². The van der Waals surface area contributed by atoms with Gasteiger partial charge in [0.2, 0.25) is 0 Å². The predicted octanol–water partition coefficient (Wildman–Crippen LogP) is 2.89. The number of hydrogen-bond acceptors (Lipinski definition) is 2. The number of halogens is 3. The summed E-state index contributed by atoms with van der Waals surface area (Å²) >= 11 is 3.00. The van der Waals surface area contributed by atoms with Gasteiger partial charge in [-0.15, -0.1) is 0 Å². The first-order valence-corrected chi connectivity index (χ1v) is 6.38. The highest BCUT2D eigenvalue weighted by molar-refractivity contribution is 9.10. The number of aliphatic hydroxyl groups excluding tert-OH is 1. The summed E-state index contributed by atoms with van der Waals surface area (Å²) in [5.74, 6) is -1.38. The molecule has 1 fully saturated rings. The van der Waals surface area contributed by atoms with Crippen molar-refractivity contribution in [3.63, 3.8) is 0 Å². The molecule has 1 aromatic rings. The van der Waals surface area contributed by atoms with Gasteiger partial charge in [0, 0.05) is 10.0 Å². The molecule has 1 aliphatic carbocycles. The molecule has 0 spiro atoms. The Morgan fingerprint density at radius 3 is 2.24 bits per heavy atom. The summed E-state index contributed by atoms with van der Waals surface area (Å²) in [6, 6.07) is 1.31. The molecule has 0 amide bonds. The molecule has 0 saturated heterocycles. The van der Waals surface area contributed by atoms with Crippen molar-refractivity contribution in [3.8, 4) is 0 Å². The van der Waals surface area contributed by atoms with Gasteiger partial charge in [-0.1, -0.05) is 22.4 Å². The van der Waals surface area contributed by atoms with Crippen LogP contribution in [0.5, 0.6) is 0 Å². The highest BCUT2D eigenvalue weighted by atomic mass is 79.9. The van der Waals surface area contributed by atoms with E-state index in [0.29, 0.717) is 4.47 Å². The lowest BCUT2D eigenvalue weighted by Crippen LogP contribution is -2.37. The van der Waals surface area contributed by atoms with Gasteiger partial charge in [-0.3, -0.25) is 0 Å². The van der Waals surface area contributed by atoms with Gasteiger partial charge in [-0.05, 0) is 30.9 Å². The quantitative estimate of drug-likeness (QED) is 0.902. The minimum Gasteiger partial charge on any atom is -0.391 e. The van der Waals surface area contributed by atoms with Crippen molar-refractivity contribution in [1.29, 1.82) is 0 Å². The van der Waals surface area contributed by atoms with Crippen LogP contribution in [0.2, 0.25) is 0 Å². The summed E-state index contributed by atoms with van der Waals surface area (Å²) < 4.78 is 27.6. The van der Waals surface area contributed by atoms with Gasteiger partial charge in [0.05, 0.1) is 12.1 Å². The standard InChI is InChI=1S/C12H14BrF2NO/c13-7-4-8(14)10(9(15)5-7)11(16)12(17)6-2-1-3-6/h4-6,11-12,17H,1-3,16H2/t11-,12+/m0/s1. The van der Waals surface area contributed by atoms with Crippen molar-refractivity contribution in [3.05, 3.63) is 33.8 Å². The maximum atomic E-state index is 13.6. The highest BCUT2D eigenvalue weighted by Crippen LogP contribution is 2.36. The molecule has 0 bridgehead atoms. The van der Waals surface area contributed by atoms with Gasteiger partial charge in [0.1, 0.15) is 11.6 Å². The van der Waals surface area contributed by atoms with E-state index in [1.54, 1.807) is 0 Å². The summed E-state index contributed by atoms with van der Waals surface area (Å²) in [7, 11) is 0. The zero-order chi connectivity index (χ0) is 12.6.